The first-order valence-electron chi connectivity index (χ1n) is 11.3. The first-order valence-corrected chi connectivity index (χ1v) is 12.6. The van der Waals surface area contributed by atoms with Crippen LogP contribution in [0.15, 0.2) is 71.6 Å². The number of ketones is 1. The zero-order valence-corrected chi connectivity index (χ0v) is 22.2. The lowest BCUT2D eigenvalue weighted by atomic mass is 10.1. The van der Waals surface area contributed by atoms with Crippen molar-refractivity contribution in [3.05, 3.63) is 72.3 Å². The molecule has 0 spiro atoms. The van der Waals surface area contributed by atoms with Gasteiger partial charge in [-0.2, -0.15) is 0 Å². The molecular weight excluding hydrogens is 494 g/mol. The lowest BCUT2D eigenvalue weighted by Gasteiger charge is -2.17. The predicted octanol–water partition coefficient (Wildman–Crippen LogP) is 6.22. The van der Waals surface area contributed by atoms with E-state index in [1.54, 1.807) is 56.7 Å². The van der Waals surface area contributed by atoms with Gasteiger partial charge in [0.05, 0.1) is 19.5 Å². The second-order valence-electron chi connectivity index (χ2n) is 7.85. The van der Waals surface area contributed by atoms with Gasteiger partial charge >= 0.3 is 0 Å². The zero-order valence-electron chi connectivity index (χ0n) is 20.6. The number of anilines is 3. The Labute approximate surface area is 221 Å². The number of nitrogens with one attached hydrogen (secondary N) is 3. The number of thiocarbonyl (C=S) groups is 1. The van der Waals surface area contributed by atoms with Crippen LogP contribution in [-0.4, -0.2) is 36.3 Å². The molecule has 3 rings (SSSR count). The van der Waals surface area contributed by atoms with Crippen LogP contribution in [0.25, 0.3) is 0 Å². The number of carbonyl (C=O) groups is 2. The topological polar surface area (TPSA) is 88.7 Å². The number of ether oxygens (including phenoxy) is 2. The number of hydrogen-bond donors (Lipinski definition) is 3. The van der Waals surface area contributed by atoms with E-state index in [4.69, 9.17) is 21.7 Å². The van der Waals surface area contributed by atoms with Gasteiger partial charge in [0.15, 0.2) is 10.9 Å². The number of thioether (sulfide) groups is 1. The molecule has 0 aliphatic carbocycles. The summed E-state index contributed by atoms with van der Waals surface area (Å²) < 4.78 is 10.6. The molecule has 1 unspecified atom stereocenters. The minimum Gasteiger partial charge on any atom is -0.497 e. The summed E-state index contributed by atoms with van der Waals surface area (Å²) in [6, 6.07) is 20.1. The Morgan fingerprint density at radius 2 is 1.50 bits per heavy atom. The van der Waals surface area contributed by atoms with E-state index in [2.05, 4.69) is 16.0 Å². The van der Waals surface area contributed by atoms with Crippen molar-refractivity contribution in [3.63, 3.8) is 0 Å². The molecule has 0 radical (unpaired) electrons. The molecule has 9 heteroatoms. The summed E-state index contributed by atoms with van der Waals surface area (Å²) in [6.45, 7) is 3.50. The van der Waals surface area contributed by atoms with E-state index in [0.717, 1.165) is 16.3 Å². The first kappa shape index (κ1) is 27.0. The van der Waals surface area contributed by atoms with Crippen molar-refractivity contribution in [1.29, 1.82) is 0 Å². The van der Waals surface area contributed by atoms with Crippen molar-refractivity contribution < 1.29 is 19.1 Å². The minimum absolute atomic E-state index is 0.0128. The lowest BCUT2D eigenvalue weighted by molar-refractivity contribution is -0.115. The van der Waals surface area contributed by atoms with Gasteiger partial charge in [-0.15, -0.1) is 11.8 Å². The van der Waals surface area contributed by atoms with E-state index in [1.165, 1.54) is 18.7 Å². The smallest absolute Gasteiger partial charge is 0.237 e. The van der Waals surface area contributed by atoms with Gasteiger partial charge in [-0.3, -0.25) is 9.59 Å². The highest BCUT2D eigenvalue weighted by atomic mass is 32.2. The maximum absolute atomic E-state index is 13.0. The fourth-order valence-corrected chi connectivity index (χ4v) is 4.57. The van der Waals surface area contributed by atoms with E-state index in [-0.39, 0.29) is 16.9 Å². The molecule has 7 nitrogen and oxygen atoms in total. The van der Waals surface area contributed by atoms with E-state index in [0.29, 0.717) is 34.3 Å². The third-order valence-electron chi connectivity index (χ3n) is 5.20. The molecule has 188 valence electrons. The molecule has 0 aliphatic rings. The molecule has 0 heterocycles. The third kappa shape index (κ3) is 7.73. The number of amides is 1. The Kier molecular flexibility index (Phi) is 9.72. The Balaban J connectivity index is 1.62. The molecule has 0 aliphatic heterocycles. The number of Topliss-reactive ketones (excluding diaryl/α,β-unsaturated/α-hetero) is 1. The van der Waals surface area contributed by atoms with Gasteiger partial charge < -0.3 is 25.4 Å². The van der Waals surface area contributed by atoms with Crippen LogP contribution in [0.5, 0.6) is 11.5 Å². The van der Waals surface area contributed by atoms with Crippen molar-refractivity contribution in [2.24, 2.45) is 0 Å². The van der Waals surface area contributed by atoms with Crippen molar-refractivity contribution in [2.75, 3.05) is 30.2 Å². The van der Waals surface area contributed by atoms with Crippen LogP contribution in [0, 0.1) is 0 Å². The Morgan fingerprint density at radius 1 is 0.861 bits per heavy atom. The van der Waals surface area contributed by atoms with Crippen LogP contribution in [0.2, 0.25) is 0 Å². The molecule has 3 N–H and O–H groups in total. The van der Waals surface area contributed by atoms with Crippen LogP contribution in [-0.2, 0) is 4.79 Å². The van der Waals surface area contributed by atoms with Crippen LogP contribution in [0.1, 0.15) is 30.6 Å². The minimum atomic E-state index is -0.303. The van der Waals surface area contributed by atoms with Crippen molar-refractivity contribution in [3.8, 4) is 11.5 Å². The van der Waals surface area contributed by atoms with Gasteiger partial charge in [-0.25, -0.2) is 0 Å². The van der Waals surface area contributed by atoms with Crippen LogP contribution in [0.4, 0.5) is 17.1 Å². The second kappa shape index (κ2) is 12.9. The molecule has 0 saturated heterocycles. The van der Waals surface area contributed by atoms with Crippen LogP contribution < -0.4 is 25.4 Å². The average Bonchev–Trinajstić information content (AvgIpc) is 2.87. The largest absolute Gasteiger partial charge is 0.497 e. The Morgan fingerprint density at radius 3 is 2.08 bits per heavy atom. The summed E-state index contributed by atoms with van der Waals surface area (Å²) in [5, 5.41) is 9.35. The normalized spacial score (nSPS) is 11.2. The van der Waals surface area contributed by atoms with E-state index < -0.39 is 0 Å². The fraction of sp³-hybridized carbons (Fsp3) is 0.222. The summed E-state index contributed by atoms with van der Waals surface area (Å²) in [5.74, 6) is 1.10. The van der Waals surface area contributed by atoms with Gasteiger partial charge in [0.1, 0.15) is 11.5 Å². The van der Waals surface area contributed by atoms with Crippen molar-refractivity contribution in [2.45, 2.75) is 30.4 Å². The van der Waals surface area contributed by atoms with E-state index >= 15 is 0 Å². The van der Waals surface area contributed by atoms with Gasteiger partial charge in [0.25, 0.3) is 0 Å². The van der Waals surface area contributed by atoms with E-state index in [1.807, 2.05) is 31.2 Å². The lowest BCUT2D eigenvalue weighted by Crippen LogP contribution is -2.24. The summed E-state index contributed by atoms with van der Waals surface area (Å²) in [4.78, 5) is 25.4. The number of rotatable bonds is 10. The number of hydrogen-bond acceptors (Lipinski definition) is 6. The van der Waals surface area contributed by atoms with Gasteiger partial charge in [0, 0.05) is 45.7 Å². The molecule has 0 fully saturated rings. The molecule has 36 heavy (non-hydrogen) atoms. The second-order valence-corrected chi connectivity index (χ2v) is 9.53. The molecule has 1 amide bonds. The predicted molar refractivity (Wildman–Crippen MR) is 151 cm³/mol. The quantitative estimate of drug-likeness (QED) is 0.164. The average molecular weight is 524 g/mol. The number of methoxy groups -OCH3 is 2. The molecule has 0 saturated carbocycles. The summed E-state index contributed by atoms with van der Waals surface area (Å²) in [6.07, 6.45) is 0.644. The molecule has 0 bridgehead atoms. The van der Waals surface area contributed by atoms with Crippen LogP contribution in [0.3, 0.4) is 0 Å². The molecular formula is C27H29N3O4S2. The Hall–Kier alpha value is -3.56. The van der Waals surface area contributed by atoms with Gasteiger partial charge in [-0.05, 0) is 68.0 Å². The Bertz CT molecular complexity index is 1210. The zero-order chi connectivity index (χ0) is 26.1. The molecule has 0 aromatic heterocycles. The maximum atomic E-state index is 13.0. The third-order valence-corrected chi connectivity index (χ3v) is 6.76. The summed E-state index contributed by atoms with van der Waals surface area (Å²) in [7, 11) is 3.13. The van der Waals surface area contributed by atoms with Gasteiger partial charge in [-0.1, -0.05) is 13.0 Å². The van der Waals surface area contributed by atoms with Crippen molar-refractivity contribution in [1.82, 2.24) is 0 Å². The first-order chi connectivity index (χ1) is 17.3. The number of carbonyl (C=O) groups excluding carboxylic acids is 2. The summed E-state index contributed by atoms with van der Waals surface area (Å²) >= 11 is 6.91. The highest BCUT2D eigenvalue weighted by molar-refractivity contribution is 8.00. The van der Waals surface area contributed by atoms with Crippen LogP contribution >= 0.6 is 24.0 Å². The molecule has 3 aromatic rings. The van der Waals surface area contributed by atoms with Crippen molar-refractivity contribution >= 4 is 57.8 Å². The monoisotopic (exact) mass is 523 g/mol. The fourth-order valence-electron chi connectivity index (χ4n) is 3.32. The van der Waals surface area contributed by atoms with E-state index in [9.17, 15) is 9.59 Å². The van der Waals surface area contributed by atoms with Gasteiger partial charge in [0.2, 0.25) is 5.91 Å². The SMILES string of the molecule is CCC(Sc1cccc(NC(=S)Nc2ccc(C(C)=O)cc2)c1)C(=O)Nc1cc(OC)cc(OC)c1. The standard InChI is InChI=1S/C27H29N3O4S2/c1-5-25(26(32)28-21-13-22(33-3)16-23(14-21)34-4)36-24-8-6-7-20(15-24)30-27(35)29-19-11-9-18(10-12-19)17(2)31/h6-16,25H,5H2,1-4H3,(H,28,32)(H2,29,30,35). The molecule has 3 aromatic carbocycles. The highest BCUT2D eigenvalue weighted by Gasteiger charge is 2.19. The summed E-state index contributed by atoms with van der Waals surface area (Å²) in [5.41, 5.74) is 2.83. The highest BCUT2D eigenvalue weighted by Crippen LogP contribution is 2.30. The maximum Gasteiger partial charge on any atom is 0.237 e. The molecule has 1 atom stereocenters. The number of benzene rings is 3.